The summed E-state index contributed by atoms with van der Waals surface area (Å²) in [5, 5.41) is 10.3. The van der Waals surface area contributed by atoms with Crippen LogP contribution in [0.2, 0.25) is 0 Å². The summed E-state index contributed by atoms with van der Waals surface area (Å²) in [5.41, 5.74) is 0.499. The summed E-state index contributed by atoms with van der Waals surface area (Å²) in [5.74, 6) is 2.71. The van der Waals surface area contributed by atoms with Crippen molar-refractivity contribution in [2.75, 3.05) is 20.2 Å². The number of nitrogens with one attached hydrogen (secondary N) is 2. The number of halogens is 2. The molecule has 166 valence electrons. The zero-order valence-corrected chi connectivity index (χ0v) is 17.7. The number of hydrogen-bond donors (Lipinski definition) is 2. The largest absolute Gasteiger partial charge is 0.497 e. The van der Waals surface area contributed by atoms with Gasteiger partial charge in [0.2, 0.25) is 5.89 Å². The third-order valence-corrected chi connectivity index (χ3v) is 4.10. The van der Waals surface area contributed by atoms with Gasteiger partial charge in [0.15, 0.2) is 11.8 Å². The third-order valence-electron chi connectivity index (χ3n) is 4.10. The lowest BCUT2D eigenvalue weighted by atomic mass is 10.2. The molecule has 0 aliphatic rings. The van der Waals surface area contributed by atoms with E-state index < -0.39 is 6.61 Å². The van der Waals surface area contributed by atoms with E-state index in [9.17, 15) is 8.78 Å². The van der Waals surface area contributed by atoms with Crippen molar-refractivity contribution in [3.05, 3.63) is 35.5 Å². The van der Waals surface area contributed by atoms with Gasteiger partial charge in [0, 0.05) is 31.0 Å². The number of alkyl halides is 2. The molecule has 0 fully saturated rings. The third kappa shape index (κ3) is 7.49. The summed E-state index contributed by atoms with van der Waals surface area (Å²) in [4.78, 5) is 8.81. The van der Waals surface area contributed by atoms with Gasteiger partial charge in [-0.15, -0.1) is 0 Å². The summed E-state index contributed by atoms with van der Waals surface area (Å²) < 4.78 is 40.3. The quantitative estimate of drug-likeness (QED) is 0.323. The Morgan fingerprint density at radius 1 is 1.27 bits per heavy atom. The van der Waals surface area contributed by atoms with Crippen molar-refractivity contribution in [3.63, 3.8) is 0 Å². The second kappa shape index (κ2) is 11.9. The van der Waals surface area contributed by atoms with Crippen molar-refractivity contribution < 1.29 is 22.8 Å². The van der Waals surface area contributed by atoms with E-state index >= 15 is 0 Å². The molecule has 0 saturated carbocycles. The maximum atomic E-state index is 12.7. The van der Waals surface area contributed by atoms with Gasteiger partial charge in [0.25, 0.3) is 0 Å². The van der Waals surface area contributed by atoms with Gasteiger partial charge < -0.3 is 24.6 Å². The fourth-order valence-electron chi connectivity index (χ4n) is 2.57. The van der Waals surface area contributed by atoms with Crippen molar-refractivity contribution in [2.24, 2.45) is 4.99 Å². The number of rotatable bonds is 11. The maximum absolute atomic E-state index is 12.7. The number of aromatic nitrogens is 2. The monoisotopic (exact) mass is 425 g/mol. The van der Waals surface area contributed by atoms with Crippen LogP contribution >= 0.6 is 0 Å². The molecular weight excluding hydrogens is 396 g/mol. The highest BCUT2D eigenvalue weighted by Gasteiger charge is 2.12. The van der Waals surface area contributed by atoms with Gasteiger partial charge >= 0.3 is 6.61 Å². The van der Waals surface area contributed by atoms with Crippen LogP contribution in [0.15, 0.2) is 27.7 Å². The minimum atomic E-state index is -2.91. The van der Waals surface area contributed by atoms with Crippen LogP contribution in [-0.2, 0) is 13.0 Å². The lowest BCUT2D eigenvalue weighted by Gasteiger charge is -2.13. The zero-order chi connectivity index (χ0) is 21.9. The van der Waals surface area contributed by atoms with Crippen molar-refractivity contribution in [2.45, 2.75) is 52.7 Å². The normalized spacial score (nSPS) is 11.8. The van der Waals surface area contributed by atoms with Crippen molar-refractivity contribution >= 4 is 5.96 Å². The van der Waals surface area contributed by atoms with Crippen LogP contribution in [0.5, 0.6) is 11.5 Å². The first-order valence-corrected chi connectivity index (χ1v) is 9.89. The Hall–Kier alpha value is -2.91. The number of hydrogen-bond acceptors (Lipinski definition) is 6. The molecule has 10 heteroatoms. The molecule has 0 aliphatic heterocycles. The standard InChI is InChI=1S/C20H29F2N5O3/c1-5-23-20(24-10-6-7-17-26-18(13(2)3)27-30-17)25-12-14-11-15(28-4)8-9-16(14)29-19(21)22/h8-9,11,13,19H,5-7,10,12H2,1-4H3,(H2,23,24,25). The molecule has 0 spiro atoms. The summed E-state index contributed by atoms with van der Waals surface area (Å²) in [6, 6.07) is 4.65. The molecule has 0 atom stereocenters. The number of aliphatic imine (C=N–C) groups is 1. The highest BCUT2D eigenvalue weighted by Crippen LogP contribution is 2.26. The van der Waals surface area contributed by atoms with Crippen molar-refractivity contribution in [1.82, 2.24) is 20.8 Å². The van der Waals surface area contributed by atoms with Crippen LogP contribution in [0.4, 0.5) is 8.78 Å². The highest BCUT2D eigenvalue weighted by atomic mass is 19.3. The average molecular weight is 425 g/mol. The molecule has 1 aromatic carbocycles. The molecule has 2 N–H and O–H groups in total. The van der Waals surface area contributed by atoms with Gasteiger partial charge in [-0.25, -0.2) is 4.99 Å². The molecule has 0 radical (unpaired) electrons. The molecule has 0 saturated heterocycles. The van der Waals surface area contributed by atoms with Crippen LogP contribution in [0, 0.1) is 0 Å². The first-order valence-electron chi connectivity index (χ1n) is 9.89. The molecular formula is C20H29F2N5O3. The van der Waals surface area contributed by atoms with Gasteiger partial charge in [-0.05, 0) is 31.5 Å². The predicted molar refractivity (Wildman–Crippen MR) is 109 cm³/mol. The molecule has 1 heterocycles. The first-order chi connectivity index (χ1) is 14.4. The summed E-state index contributed by atoms with van der Waals surface area (Å²) in [6.07, 6.45) is 1.41. The van der Waals surface area contributed by atoms with E-state index in [0.717, 1.165) is 6.42 Å². The van der Waals surface area contributed by atoms with Crippen LogP contribution in [0.25, 0.3) is 0 Å². The van der Waals surface area contributed by atoms with Gasteiger partial charge in [0.05, 0.1) is 13.7 Å². The van der Waals surface area contributed by atoms with Crippen molar-refractivity contribution in [1.29, 1.82) is 0 Å². The van der Waals surface area contributed by atoms with Gasteiger partial charge in [-0.1, -0.05) is 19.0 Å². The molecule has 0 unspecified atom stereocenters. The van der Waals surface area contributed by atoms with E-state index in [1.165, 1.54) is 13.2 Å². The SMILES string of the molecule is CCNC(=NCc1cc(OC)ccc1OC(F)F)NCCCc1nc(C(C)C)no1. The second-order valence-electron chi connectivity index (χ2n) is 6.78. The Morgan fingerprint density at radius 2 is 2.07 bits per heavy atom. The van der Waals surface area contributed by atoms with Crippen LogP contribution in [0.3, 0.4) is 0 Å². The number of guanidine groups is 1. The molecule has 1 aromatic heterocycles. The predicted octanol–water partition coefficient (Wildman–Crippen LogP) is 3.49. The van der Waals surface area contributed by atoms with E-state index in [0.29, 0.717) is 48.5 Å². The fourth-order valence-corrected chi connectivity index (χ4v) is 2.57. The lowest BCUT2D eigenvalue weighted by Crippen LogP contribution is -2.37. The van der Waals surface area contributed by atoms with Gasteiger partial charge in [0.1, 0.15) is 11.5 Å². The number of nitrogens with zero attached hydrogens (tertiary/aromatic N) is 3. The summed E-state index contributed by atoms with van der Waals surface area (Å²) >= 11 is 0. The van der Waals surface area contributed by atoms with Crippen molar-refractivity contribution in [3.8, 4) is 11.5 Å². The zero-order valence-electron chi connectivity index (χ0n) is 17.7. The molecule has 0 amide bonds. The Bertz CT molecular complexity index is 811. The average Bonchev–Trinajstić information content (AvgIpc) is 3.19. The van der Waals surface area contributed by atoms with Crippen LogP contribution < -0.4 is 20.1 Å². The van der Waals surface area contributed by atoms with Crippen LogP contribution in [0.1, 0.15) is 50.4 Å². The van der Waals surface area contributed by atoms with E-state index in [1.54, 1.807) is 12.1 Å². The second-order valence-corrected chi connectivity index (χ2v) is 6.78. The number of aryl methyl sites for hydroxylation is 1. The van der Waals surface area contributed by atoms with E-state index in [1.807, 2.05) is 20.8 Å². The van der Waals surface area contributed by atoms with Crippen LogP contribution in [-0.4, -0.2) is 42.9 Å². The molecule has 2 rings (SSSR count). The smallest absolute Gasteiger partial charge is 0.387 e. The molecule has 30 heavy (non-hydrogen) atoms. The Morgan fingerprint density at radius 3 is 2.70 bits per heavy atom. The van der Waals surface area contributed by atoms with E-state index in [4.69, 9.17) is 9.26 Å². The highest BCUT2D eigenvalue weighted by molar-refractivity contribution is 5.79. The molecule has 0 bridgehead atoms. The van der Waals surface area contributed by atoms with E-state index in [2.05, 4.69) is 30.5 Å². The maximum Gasteiger partial charge on any atom is 0.387 e. The Balaban J connectivity index is 1.94. The Kier molecular flexibility index (Phi) is 9.30. The summed E-state index contributed by atoms with van der Waals surface area (Å²) in [6.45, 7) is 4.49. The summed E-state index contributed by atoms with van der Waals surface area (Å²) in [7, 11) is 1.51. The van der Waals surface area contributed by atoms with Gasteiger partial charge in [-0.2, -0.15) is 13.8 Å². The number of ether oxygens (including phenoxy) is 2. The fraction of sp³-hybridized carbons (Fsp3) is 0.550. The number of benzene rings is 1. The minimum Gasteiger partial charge on any atom is -0.497 e. The molecule has 8 nitrogen and oxygen atoms in total. The van der Waals surface area contributed by atoms with E-state index in [-0.39, 0.29) is 18.2 Å². The molecule has 0 aliphatic carbocycles. The topological polar surface area (TPSA) is 93.8 Å². The number of methoxy groups -OCH3 is 1. The van der Waals surface area contributed by atoms with Gasteiger partial charge in [-0.3, -0.25) is 0 Å². The lowest BCUT2D eigenvalue weighted by molar-refractivity contribution is -0.0504. The molecule has 2 aromatic rings. The Labute approximate surface area is 175 Å². The first kappa shape index (κ1) is 23.4. The minimum absolute atomic E-state index is 0.0720.